The Morgan fingerprint density at radius 1 is 0.534 bits per heavy atom. The predicted molar refractivity (Wildman–Crippen MR) is 236 cm³/mol. The minimum atomic E-state index is -0.706. The van der Waals surface area contributed by atoms with E-state index in [1.54, 1.807) is 0 Å². The van der Waals surface area contributed by atoms with E-state index in [0.717, 1.165) is 79.4 Å². The summed E-state index contributed by atoms with van der Waals surface area (Å²) in [5.74, 6) is -1.38. The number of fused-ring (bicyclic) bond motifs is 2. The van der Waals surface area contributed by atoms with E-state index < -0.39 is 23.9 Å². The number of carbonyl (C=O) groups is 1. The van der Waals surface area contributed by atoms with Crippen molar-refractivity contribution in [2.75, 3.05) is 10.6 Å². The monoisotopic (exact) mass is 766 g/mol. The van der Waals surface area contributed by atoms with Gasteiger partial charge in [0.15, 0.2) is 5.78 Å². The number of anilines is 2. The molecular weight excluding hydrogens is 717 g/mol. The number of aromatic amines is 2. The molecule has 0 fully saturated rings. The summed E-state index contributed by atoms with van der Waals surface area (Å²) in [5, 5.41) is 30.0. The molecule has 4 unspecified atom stereocenters. The first-order chi connectivity index (χ1) is 28.5. The van der Waals surface area contributed by atoms with E-state index in [4.69, 9.17) is 0 Å². The van der Waals surface area contributed by atoms with Crippen LogP contribution in [0, 0.1) is 0 Å². The molecule has 7 heteroatoms. The molecule has 0 saturated heterocycles. The second-order valence-electron chi connectivity index (χ2n) is 15.0. The van der Waals surface area contributed by atoms with Crippen LogP contribution in [0.15, 0.2) is 158 Å². The number of carbonyl (C=O) groups excluding carboxylic acids is 1. The molecule has 0 bridgehead atoms. The van der Waals surface area contributed by atoms with Crippen molar-refractivity contribution < 1.29 is 15.0 Å². The Morgan fingerprint density at radius 2 is 0.948 bits per heavy atom. The molecule has 0 radical (unpaired) electrons. The quantitative estimate of drug-likeness (QED) is 0.0586. The number of hydrogen-bond acceptors (Lipinski definition) is 5. The number of hydrogen-bond donors (Lipinski definition) is 6. The van der Waals surface area contributed by atoms with Crippen LogP contribution in [0.4, 0.5) is 11.4 Å². The van der Waals surface area contributed by atoms with Crippen LogP contribution >= 0.6 is 0 Å². The molecule has 6 N–H and O–H groups in total. The lowest BCUT2D eigenvalue weighted by atomic mass is 9.73. The second-order valence-corrected chi connectivity index (χ2v) is 15.0. The molecule has 6 aromatic carbocycles. The van der Waals surface area contributed by atoms with Gasteiger partial charge in [0.25, 0.3) is 0 Å². The van der Waals surface area contributed by atoms with Gasteiger partial charge in [-0.25, -0.2) is 0 Å². The predicted octanol–water partition coefficient (Wildman–Crippen LogP) is 10.9. The zero-order chi connectivity index (χ0) is 40.0. The highest BCUT2D eigenvalue weighted by Crippen LogP contribution is 2.47. The van der Waals surface area contributed by atoms with Crippen LogP contribution in [0.5, 0.6) is 0 Å². The van der Waals surface area contributed by atoms with Crippen molar-refractivity contribution in [2.45, 2.75) is 63.8 Å². The number of rotatable bonds is 16. The van der Waals surface area contributed by atoms with E-state index in [0.29, 0.717) is 0 Å². The Bertz CT molecular complexity index is 2450. The Kier molecular flexibility index (Phi) is 11.5. The summed E-state index contributed by atoms with van der Waals surface area (Å²) in [5.41, 5.74) is 11.3. The lowest BCUT2D eigenvalue weighted by molar-refractivity contribution is -0.122. The van der Waals surface area contributed by atoms with Crippen LogP contribution in [0.2, 0.25) is 0 Å². The SMILES string of the molecule is CCc1cccc2c(C(C(=O)C(c3c[nH]c4c(CC)cccc34)C(Nc3cccc(CO)c3)c3ccccc3)C(Nc3cccc(CO)c3)c3ccccc3)c[nH]c12. The molecule has 292 valence electrons. The number of para-hydroxylation sites is 2. The summed E-state index contributed by atoms with van der Waals surface area (Å²) in [7, 11) is 0. The first-order valence-corrected chi connectivity index (χ1v) is 20.2. The molecule has 8 aromatic rings. The van der Waals surface area contributed by atoms with Crippen LogP contribution in [-0.4, -0.2) is 26.0 Å². The number of aromatic nitrogens is 2. The van der Waals surface area contributed by atoms with E-state index in [2.05, 4.69) is 95.1 Å². The lowest BCUT2D eigenvalue weighted by Crippen LogP contribution is -2.34. The Labute approximate surface area is 339 Å². The number of H-pyrrole nitrogens is 2. The molecular formula is C51H50N4O3. The summed E-state index contributed by atoms with van der Waals surface area (Å²) in [6, 6.07) is 47.6. The third kappa shape index (κ3) is 7.67. The number of benzene rings is 6. The van der Waals surface area contributed by atoms with Gasteiger partial charge in [-0.1, -0.05) is 135 Å². The summed E-state index contributed by atoms with van der Waals surface area (Å²) in [6.07, 6.45) is 5.75. The number of ketones is 1. The van der Waals surface area contributed by atoms with Gasteiger partial charge in [-0.3, -0.25) is 4.79 Å². The smallest absolute Gasteiger partial charge is 0.152 e. The Balaban J connectivity index is 1.41. The molecule has 2 heterocycles. The molecule has 4 atom stereocenters. The highest BCUT2D eigenvalue weighted by atomic mass is 16.3. The average molecular weight is 767 g/mol. The molecule has 58 heavy (non-hydrogen) atoms. The summed E-state index contributed by atoms with van der Waals surface area (Å²) in [4.78, 5) is 23.9. The fraction of sp³-hybridized carbons (Fsp3) is 0.196. The van der Waals surface area contributed by atoms with Crippen molar-refractivity contribution in [1.29, 1.82) is 0 Å². The third-order valence-corrected chi connectivity index (χ3v) is 11.6. The minimum Gasteiger partial charge on any atom is -0.392 e. The van der Waals surface area contributed by atoms with Gasteiger partial charge in [0.05, 0.1) is 37.1 Å². The molecule has 8 rings (SSSR count). The van der Waals surface area contributed by atoms with Crippen molar-refractivity contribution in [3.05, 3.63) is 202 Å². The molecule has 7 nitrogen and oxygen atoms in total. The van der Waals surface area contributed by atoms with Crippen LogP contribution in [0.25, 0.3) is 21.8 Å². The molecule has 0 saturated carbocycles. The van der Waals surface area contributed by atoms with E-state index in [1.165, 1.54) is 11.1 Å². The topological polar surface area (TPSA) is 113 Å². The molecule has 0 spiro atoms. The molecule has 0 aliphatic heterocycles. The summed E-state index contributed by atoms with van der Waals surface area (Å²) in [6.45, 7) is 4.11. The fourth-order valence-corrected chi connectivity index (χ4v) is 8.69. The van der Waals surface area contributed by atoms with Gasteiger partial charge >= 0.3 is 0 Å². The minimum absolute atomic E-state index is 0.0323. The van der Waals surface area contributed by atoms with E-state index >= 15 is 4.79 Å². The maximum atomic E-state index is 16.7. The van der Waals surface area contributed by atoms with Crippen molar-refractivity contribution in [2.24, 2.45) is 0 Å². The molecule has 2 aromatic heterocycles. The van der Waals surface area contributed by atoms with Gasteiger partial charge in [-0.2, -0.15) is 0 Å². The normalized spacial score (nSPS) is 13.6. The molecule has 0 aliphatic carbocycles. The fourth-order valence-electron chi connectivity index (χ4n) is 8.69. The zero-order valence-electron chi connectivity index (χ0n) is 33.0. The molecule has 0 amide bonds. The lowest BCUT2D eigenvalue weighted by Gasteiger charge is -2.35. The Hall–Kier alpha value is -6.41. The maximum absolute atomic E-state index is 16.7. The average Bonchev–Trinajstić information content (AvgIpc) is 3.91. The Morgan fingerprint density at radius 3 is 1.34 bits per heavy atom. The zero-order valence-corrected chi connectivity index (χ0v) is 33.0. The van der Waals surface area contributed by atoms with Crippen molar-refractivity contribution >= 4 is 39.0 Å². The van der Waals surface area contributed by atoms with Crippen LogP contribution < -0.4 is 10.6 Å². The van der Waals surface area contributed by atoms with Crippen LogP contribution in [0.1, 0.15) is 82.3 Å². The van der Waals surface area contributed by atoms with Gasteiger partial charge in [0.2, 0.25) is 0 Å². The van der Waals surface area contributed by atoms with Crippen LogP contribution in [-0.2, 0) is 30.8 Å². The number of nitrogens with one attached hydrogen (secondary N) is 4. The number of aliphatic hydroxyl groups is 2. The van der Waals surface area contributed by atoms with Crippen molar-refractivity contribution in [3.8, 4) is 0 Å². The van der Waals surface area contributed by atoms with Crippen molar-refractivity contribution in [1.82, 2.24) is 9.97 Å². The number of Topliss-reactive ketones (excluding diaryl/α,β-unsaturated/α-hetero) is 1. The highest BCUT2D eigenvalue weighted by molar-refractivity contribution is 6.02. The first kappa shape index (κ1) is 38.5. The number of aliphatic hydroxyl groups excluding tert-OH is 2. The third-order valence-electron chi connectivity index (χ3n) is 11.6. The van der Waals surface area contributed by atoms with Gasteiger partial charge in [0.1, 0.15) is 0 Å². The largest absolute Gasteiger partial charge is 0.392 e. The van der Waals surface area contributed by atoms with Gasteiger partial charge < -0.3 is 30.8 Å². The highest BCUT2D eigenvalue weighted by Gasteiger charge is 2.42. The van der Waals surface area contributed by atoms with E-state index in [-0.39, 0.29) is 19.0 Å². The van der Waals surface area contributed by atoms with Gasteiger partial charge in [-0.05, 0) is 81.6 Å². The van der Waals surface area contributed by atoms with Crippen LogP contribution in [0.3, 0.4) is 0 Å². The van der Waals surface area contributed by atoms with Crippen molar-refractivity contribution in [3.63, 3.8) is 0 Å². The molecule has 0 aliphatic rings. The standard InChI is InChI=1S/C51H50N4O3/c1-3-35-21-13-25-41-43(29-52-47(35)41)45(49(37-17-7-5-8-18-37)54-39-23-11-15-33(27-39)31-56)51(58)46(44-30-53-48-36(4-2)22-14-26-42(44)48)50(38-19-9-6-10-20-38)55-40-24-12-16-34(28-40)32-57/h5-30,45-46,49-50,52-57H,3-4,31-32H2,1-2H3. The van der Waals surface area contributed by atoms with Gasteiger partial charge in [0, 0.05) is 45.6 Å². The summed E-state index contributed by atoms with van der Waals surface area (Å²) < 4.78 is 0. The van der Waals surface area contributed by atoms with E-state index in [1.807, 2.05) is 97.3 Å². The van der Waals surface area contributed by atoms with Gasteiger partial charge in [-0.15, -0.1) is 0 Å². The second kappa shape index (κ2) is 17.4. The first-order valence-electron chi connectivity index (χ1n) is 20.2. The summed E-state index contributed by atoms with van der Waals surface area (Å²) >= 11 is 0. The number of aryl methyl sites for hydroxylation is 2. The maximum Gasteiger partial charge on any atom is 0.152 e. The van der Waals surface area contributed by atoms with E-state index in [9.17, 15) is 10.2 Å².